The summed E-state index contributed by atoms with van der Waals surface area (Å²) in [5, 5.41) is 13.3. The van der Waals surface area contributed by atoms with E-state index in [0.29, 0.717) is 24.6 Å². The lowest BCUT2D eigenvalue weighted by atomic mass is 10.00. The van der Waals surface area contributed by atoms with Crippen LogP contribution in [0, 0.1) is 18.8 Å². The molecule has 3 heterocycles. The molecule has 0 bridgehead atoms. The van der Waals surface area contributed by atoms with Gasteiger partial charge >= 0.3 is 5.97 Å². The summed E-state index contributed by atoms with van der Waals surface area (Å²) in [4.78, 5) is 29.8. The molecule has 2 N–H and O–H groups in total. The highest BCUT2D eigenvalue weighted by atomic mass is 16.5. The Morgan fingerprint density at radius 3 is 2.63 bits per heavy atom. The number of nitrogens with zero attached hydrogens (tertiary/aromatic N) is 3. The SMILES string of the molecule is Cc1cc(-c2nc3cc(CNC(C(=O)OCC(C)C)C(C)O)ccc3n2CC2CCOCC2)cn(C)c1=O. The molecule has 2 unspecified atom stereocenters. The van der Waals surface area contributed by atoms with Gasteiger partial charge in [0.15, 0.2) is 0 Å². The highest BCUT2D eigenvalue weighted by Gasteiger charge is 2.25. The molecule has 0 spiro atoms. The summed E-state index contributed by atoms with van der Waals surface area (Å²) in [6, 6.07) is 7.18. The lowest BCUT2D eigenvalue weighted by molar-refractivity contribution is -0.150. The zero-order chi connectivity index (χ0) is 27.4. The molecule has 1 aliphatic heterocycles. The number of hydrogen-bond donors (Lipinski definition) is 2. The Balaban J connectivity index is 1.64. The van der Waals surface area contributed by atoms with Crippen LogP contribution in [0.4, 0.5) is 0 Å². The summed E-state index contributed by atoms with van der Waals surface area (Å²) in [7, 11) is 1.76. The van der Waals surface area contributed by atoms with E-state index < -0.39 is 18.1 Å². The van der Waals surface area contributed by atoms with Crippen LogP contribution in [-0.4, -0.2) is 57.2 Å². The zero-order valence-electron chi connectivity index (χ0n) is 23.1. The Bertz CT molecular complexity index is 1290. The molecule has 9 nitrogen and oxygen atoms in total. The quantitative estimate of drug-likeness (QED) is 0.392. The van der Waals surface area contributed by atoms with Crippen molar-refractivity contribution < 1.29 is 19.4 Å². The number of imidazole rings is 1. The molecule has 0 amide bonds. The normalized spacial score (nSPS) is 16.2. The van der Waals surface area contributed by atoms with Crippen molar-refractivity contribution >= 4 is 17.0 Å². The van der Waals surface area contributed by atoms with Gasteiger partial charge in [0.2, 0.25) is 0 Å². The number of pyridine rings is 1. The molecule has 1 saturated heterocycles. The molecular weight excluding hydrogens is 484 g/mol. The monoisotopic (exact) mass is 524 g/mol. The average molecular weight is 525 g/mol. The van der Waals surface area contributed by atoms with Crippen LogP contribution < -0.4 is 10.9 Å². The Hall–Kier alpha value is -3.01. The van der Waals surface area contributed by atoms with Crippen molar-refractivity contribution in [2.75, 3.05) is 19.8 Å². The van der Waals surface area contributed by atoms with Crippen molar-refractivity contribution in [3.8, 4) is 11.4 Å². The van der Waals surface area contributed by atoms with Crippen LogP contribution in [0.5, 0.6) is 0 Å². The van der Waals surface area contributed by atoms with Gasteiger partial charge < -0.3 is 23.7 Å². The van der Waals surface area contributed by atoms with Gasteiger partial charge in [0.1, 0.15) is 11.9 Å². The van der Waals surface area contributed by atoms with E-state index in [4.69, 9.17) is 14.5 Å². The number of aliphatic hydroxyl groups excluding tert-OH is 1. The molecule has 4 rings (SSSR count). The predicted octanol–water partition coefficient (Wildman–Crippen LogP) is 3.18. The first kappa shape index (κ1) is 28.0. The van der Waals surface area contributed by atoms with Gasteiger partial charge in [-0.3, -0.25) is 14.9 Å². The number of carbonyl (C=O) groups is 1. The molecule has 1 aliphatic rings. The minimum Gasteiger partial charge on any atom is -0.464 e. The molecule has 0 aliphatic carbocycles. The van der Waals surface area contributed by atoms with Crippen molar-refractivity contribution in [2.45, 2.75) is 65.8 Å². The van der Waals surface area contributed by atoms with E-state index >= 15 is 0 Å². The van der Waals surface area contributed by atoms with E-state index in [1.54, 1.807) is 18.5 Å². The molecule has 2 aromatic heterocycles. The molecule has 0 radical (unpaired) electrons. The number of hydrogen-bond acceptors (Lipinski definition) is 7. The first-order valence-electron chi connectivity index (χ1n) is 13.5. The fraction of sp³-hybridized carbons (Fsp3) is 0.552. The number of aromatic nitrogens is 3. The molecule has 3 aromatic rings. The standard InChI is InChI=1S/C29H40N4O5/c1-18(2)17-38-29(36)26(20(4)34)30-14-22-6-7-25-24(13-22)31-27(23-12-19(3)28(35)32(5)16-23)33(25)15-21-8-10-37-11-9-21/h6-7,12-13,16,18,20-21,26,30,34H,8-11,14-15,17H2,1-5H3. The van der Waals surface area contributed by atoms with Crippen LogP contribution in [0.15, 0.2) is 35.3 Å². The maximum Gasteiger partial charge on any atom is 0.325 e. The highest BCUT2D eigenvalue weighted by Crippen LogP contribution is 2.29. The van der Waals surface area contributed by atoms with Gasteiger partial charge in [0.25, 0.3) is 5.56 Å². The second-order valence-corrected chi connectivity index (χ2v) is 10.9. The largest absolute Gasteiger partial charge is 0.464 e. The third-order valence-corrected chi connectivity index (χ3v) is 7.04. The Morgan fingerprint density at radius 1 is 1.24 bits per heavy atom. The molecule has 1 fully saturated rings. The molecule has 9 heteroatoms. The van der Waals surface area contributed by atoms with Gasteiger partial charge in [-0.2, -0.15) is 0 Å². The first-order chi connectivity index (χ1) is 18.1. The van der Waals surface area contributed by atoms with Crippen LogP contribution in [0.3, 0.4) is 0 Å². The number of fused-ring (bicyclic) bond motifs is 1. The van der Waals surface area contributed by atoms with E-state index in [0.717, 1.165) is 60.6 Å². The highest BCUT2D eigenvalue weighted by molar-refractivity contribution is 5.81. The topological polar surface area (TPSA) is 108 Å². The molecule has 2 atom stereocenters. The van der Waals surface area contributed by atoms with Crippen LogP contribution in [0.25, 0.3) is 22.4 Å². The summed E-state index contributed by atoms with van der Waals surface area (Å²) in [5.41, 5.74) is 4.36. The van der Waals surface area contributed by atoms with Crippen molar-refractivity contribution in [3.05, 3.63) is 51.9 Å². The van der Waals surface area contributed by atoms with Gasteiger partial charge in [-0.05, 0) is 62.3 Å². The fourth-order valence-corrected chi connectivity index (χ4v) is 4.89. The van der Waals surface area contributed by atoms with Crippen molar-refractivity contribution in [3.63, 3.8) is 0 Å². The fourth-order valence-electron chi connectivity index (χ4n) is 4.89. The number of esters is 1. The van der Waals surface area contributed by atoms with Crippen molar-refractivity contribution in [2.24, 2.45) is 18.9 Å². The lowest BCUT2D eigenvalue weighted by Crippen LogP contribution is -2.45. The lowest BCUT2D eigenvalue weighted by Gasteiger charge is -2.23. The minimum absolute atomic E-state index is 0.0196. The van der Waals surface area contributed by atoms with Gasteiger partial charge in [-0.1, -0.05) is 19.9 Å². The summed E-state index contributed by atoms with van der Waals surface area (Å²) in [6.45, 7) is 10.4. The average Bonchev–Trinajstić information content (AvgIpc) is 3.23. The minimum atomic E-state index is -0.892. The van der Waals surface area contributed by atoms with E-state index in [1.165, 1.54) is 0 Å². The van der Waals surface area contributed by atoms with Gasteiger partial charge in [-0.15, -0.1) is 0 Å². The molecule has 206 valence electrons. The van der Waals surface area contributed by atoms with Crippen molar-refractivity contribution in [1.82, 2.24) is 19.4 Å². The van der Waals surface area contributed by atoms with Crippen LogP contribution in [0.2, 0.25) is 0 Å². The predicted molar refractivity (Wildman–Crippen MR) is 147 cm³/mol. The van der Waals surface area contributed by atoms with Gasteiger partial charge in [0, 0.05) is 50.7 Å². The summed E-state index contributed by atoms with van der Waals surface area (Å²) >= 11 is 0. The Morgan fingerprint density at radius 2 is 1.97 bits per heavy atom. The molecule has 1 aromatic carbocycles. The maximum atomic E-state index is 12.5. The zero-order valence-corrected chi connectivity index (χ0v) is 23.1. The number of nitrogens with one attached hydrogen (secondary N) is 1. The molecule has 38 heavy (non-hydrogen) atoms. The van der Waals surface area contributed by atoms with Crippen molar-refractivity contribution in [1.29, 1.82) is 0 Å². The maximum absolute atomic E-state index is 12.5. The summed E-state index contributed by atoms with van der Waals surface area (Å²) < 4.78 is 14.8. The van der Waals surface area contributed by atoms with E-state index in [-0.39, 0.29) is 11.5 Å². The van der Waals surface area contributed by atoms with E-state index in [9.17, 15) is 14.7 Å². The van der Waals surface area contributed by atoms with E-state index in [2.05, 4.69) is 16.0 Å². The Labute approximate surface area is 223 Å². The number of ether oxygens (including phenoxy) is 2. The number of rotatable bonds is 10. The summed E-state index contributed by atoms with van der Waals surface area (Å²) in [6.07, 6.45) is 2.95. The van der Waals surface area contributed by atoms with Crippen LogP contribution >= 0.6 is 0 Å². The van der Waals surface area contributed by atoms with Gasteiger partial charge in [-0.25, -0.2) is 4.98 Å². The smallest absolute Gasteiger partial charge is 0.325 e. The first-order valence-corrected chi connectivity index (χ1v) is 13.5. The second-order valence-electron chi connectivity index (χ2n) is 10.9. The number of benzene rings is 1. The Kier molecular flexibility index (Phi) is 9.02. The summed E-state index contributed by atoms with van der Waals surface area (Å²) in [5.74, 6) is 1.08. The van der Waals surface area contributed by atoms with Crippen LogP contribution in [-0.2, 0) is 34.4 Å². The second kappa shape index (κ2) is 12.2. The molecule has 0 saturated carbocycles. The third kappa shape index (κ3) is 6.51. The van der Waals surface area contributed by atoms with Gasteiger partial charge in [0.05, 0.1) is 23.7 Å². The molecular formula is C29H40N4O5. The third-order valence-electron chi connectivity index (χ3n) is 7.04. The number of aliphatic hydroxyl groups is 1. The van der Waals surface area contributed by atoms with E-state index in [1.807, 2.05) is 45.2 Å². The van der Waals surface area contributed by atoms with Crippen LogP contribution in [0.1, 0.15) is 44.7 Å². The number of carbonyl (C=O) groups excluding carboxylic acids is 1. The number of aryl methyl sites for hydroxylation is 2.